The van der Waals surface area contributed by atoms with Crippen molar-refractivity contribution in [2.75, 3.05) is 29.2 Å². The average Bonchev–Trinajstić information content (AvgIpc) is 2.84. The van der Waals surface area contributed by atoms with Crippen molar-refractivity contribution >= 4 is 62.6 Å². The molecule has 9 heteroatoms. The van der Waals surface area contributed by atoms with Gasteiger partial charge in [-0.2, -0.15) is 0 Å². The molecule has 0 aliphatic carbocycles. The Morgan fingerprint density at radius 3 is 2.26 bits per heavy atom. The third-order valence-corrected chi connectivity index (χ3v) is 6.29. The van der Waals surface area contributed by atoms with Crippen LogP contribution in [0.5, 0.6) is 0 Å². The number of nitro groups is 1. The van der Waals surface area contributed by atoms with Crippen LogP contribution in [0.15, 0.2) is 72.8 Å². The van der Waals surface area contributed by atoms with Crippen LogP contribution < -0.4 is 15.1 Å². The summed E-state index contributed by atoms with van der Waals surface area (Å²) in [4.78, 5) is 41.5. The summed E-state index contributed by atoms with van der Waals surface area (Å²) in [6.45, 7) is 0. The zero-order chi connectivity index (χ0) is 24.9. The molecule has 1 heterocycles. The first-order valence-electron chi connectivity index (χ1n) is 10.7. The molecule has 0 fully saturated rings. The Morgan fingerprint density at radius 1 is 0.914 bits per heavy atom. The van der Waals surface area contributed by atoms with Crippen LogP contribution in [0, 0.1) is 10.1 Å². The van der Waals surface area contributed by atoms with Gasteiger partial charge in [-0.1, -0.05) is 35.9 Å². The number of hydrogen-bond donors (Lipinski definition) is 1. The summed E-state index contributed by atoms with van der Waals surface area (Å²) >= 11 is 6.27. The Morgan fingerprint density at radius 2 is 1.60 bits per heavy atom. The number of carbonyl (C=O) groups excluding carboxylic acids is 2. The van der Waals surface area contributed by atoms with Crippen molar-refractivity contribution in [1.82, 2.24) is 0 Å². The van der Waals surface area contributed by atoms with Crippen molar-refractivity contribution in [2.24, 2.45) is 0 Å². The van der Waals surface area contributed by atoms with E-state index in [1.165, 1.54) is 6.07 Å². The summed E-state index contributed by atoms with van der Waals surface area (Å²) < 4.78 is 0. The predicted octanol–water partition coefficient (Wildman–Crippen LogP) is 6.01. The molecule has 2 amide bonds. The van der Waals surface area contributed by atoms with Crippen molar-refractivity contribution in [1.29, 1.82) is 0 Å². The molecule has 0 bridgehead atoms. The largest absolute Gasteiger partial charge is 0.378 e. The van der Waals surface area contributed by atoms with Gasteiger partial charge in [0.05, 0.1) is 26.9 Å². The summed E-state index contributed by atoms with van der Waals surface area (Å²) in [5.74, 6) is -1.12. The van der Waals surface area contributed by atoms with E-state index in [9.17, 15) is 19.7 Å². The lowest BCUT2D eigenvalue weighted by Gasteiger charge is -2.28. The molecule has 0 saturated carbocycles. The molecule has 8 nitrogen and oxygen atoms in total. The second kappa shape index (κ2) is 8.41. The number of halogens is 1. The highest BCUT2D eigenvalue weighted by Gasteiger charge is 2.37. The fraction of sp³-hybridized carbons (Fsp3) is 0.0769. The molecule has 35 heavy (non-hydrogen) atoms. The van der Waals surface area contributed by atoms with Gasteiger partial charge in [0.1, 0.15) is 5.69 Å². The number of hydrogen-bond acceptors (Lipinski definition) is 6. The van der Waals surface area contributed by atoms with Crippen LogP contribution in [0.3, 0.4) is 0 Å². The lowest BCUT2D eigenvalue weighted by Crippen LogP contribution is -2.40. The summed E-state index contributed by atoms with van der Waals surface area (Å²) in [6, 6.07) is 19.9. The maximum absolute atomic E-state index is 13.6. The number of imide groups is 1. The van der Waals surface area contributed by atoms with Crippen LogP contribution >= 0.6 is 11.6 Å². The second-order valence-corrected chi connectivity index (χ2v) is 8.67. The minimum Gasteiger partial charge on any atom is -0.378 e. The fourth-order valence-electron chi connectivity index (χ4n) is 4.26. The van der Waals surface area contributed by atoms with Gasteiger partial charge in [0.2, 0.25) is 0 Å². The molecule has 0 radical (unpaired) electrons. The fourth-order valence-corrected chi connectivity index (χ4v) is 4.44. The van der Waals surface area contributed by atoms with Gasteiger partial charge in [-0.15, -0.1) is 0 Å². The molecule has 4 aromatic rings. The maximum Gasteiger partial charge on any atom is 0.294 e. The number of anilines is 4. The Labute approximate surface area is 205 Å². The number of carbonyl (C=O) groups is 2. The van der Waals surface area contributed by atoms with E-state index in [0.29, 0.717) is 27.2 Å². The van der Waals surface area contributed by atoms with Crippen LogP contribution in [0.2, 0.25) is 5.02 Å². The molecule has 1 aliphatic rings. The van der Waals surface area contributed by atoms with Crippen LogP contribution in [0.25, 0.3) is 10.8 Å². The lowest BCUT2D eigenvalue weighted by atomic mass is 9.91. The van der Waals surface area contributed by atoms with E-state index >= 15 is 0 Å². The quantitative estimate of drug-likeness (QED) is 0.211. The van der Waals surface area contributed by atoms with Crippen LogP contribution in [-0.2, 0) is 0 Å². The van der Waals surface area contributed by atoms with E-state index in [4.69, 9.17) is 11.6 Å². The maximum atomic E-state index is 13.6. The number of benzene rings is 4. The second-order valence-electron chi connectivity index (χ2n) is 8.26. The number of nitrogens with one attached hydrogen (secondary N) is 1. The normalized spacial score (nSPS) is 12.7. The standard InChI is InChI=1S/C26H19ClN4O4/c1-29(2)15-10-12-16(13-11-15)30-25(32)18-7-5-6-17-23(18)19(26(30)33)14-22(31(34)35)24(17)28-21-9-4-3-8-20(21)27/h3-14,28H,1-2H3. The van der Waals surface area contributed by atoms with Crippen molar-refractivity contribution in [3.63, 3.8) is 0 Å². The lowest BCUT2D eigenvalue weighted by molar-refractivity contribution is -0.383. The molecule has 0 spiro atoms. The number of amides is 2. The molecule has 4 aromatic carbocycles. The van der Waals surface area contributed by atoms with Crippen molar-refractivity contribution < 1.29 is 14.5 Å². The monoisotopic (exact) mass is 486 g/mol. The Balaban J connectivity index is 1.71. The molecule has 5 rings (SSSR count). The van der Waals surface area contributed by atoms with Gasteiger partial charge in [-0.05, 0) is 42.5 Å². The molecule has 174 valence electrons. The minimum atomic E-state index is -0.622. The minimum absolute atomic E-state index is 0.0864. The number of para-hydroxylation sites is 1. The molecule has 0 unspecified atom stereocenters. The third-order valence-electron chi connectivity index (χ3n) is 5.96. The number of rotatable bonds is 5. The molecular weight excluding hydrogens is 468 g/mol. The zero-order valence-electron chi connectivity index (χ0n) is 18.8. The van der Waals surface area contributed by atoms with Gasteiger partial charge in [0, 0.05) is 42.2 Å². The van der Waals surface area contributed by atoms with Gasteiger partial charge < -0.3 is 10.2 Å². The molecule has 1 N–H and O–H groups in total. The highest BCUT2D eigenvalue weighted by Crippen LogP contribution is 2.43. The van der Waals surface area contributed by atoms with E-state index in [-0.39, 0.29) is 22.5 Å². The topological polar surface area (TPSA) is 95.8 Å². The highest BCUT2D eigenvalue weighted by molar-refractivity contribution is 6.37. The van der Waals surface area contributed by atoms with Gasteiger partial charge in [0.15, 0.2) is 0 Å². The molecule has 1 aliphatic heterocycles. The van der Waals surface area contributed by atoms with Crippen molar-refractivity contribution in [3.8, 4) is 0 Å². The summed E-state index contributed by atoms with van der Waals surface area (Å²) in [5.41, 5.74) is 1.99. The molecule has 0 aromatic heterocycles. The van der Waals surface area contributed by atoms with E-state index in [1.54, 1.807) is 66.7 Å². The van der Waals surface area contributed by atoms with E-state index in [2.05, 4.69) is 5.32 Å². The SMILES string of the molecule is CN(C)c1ccc(N2C(=O)c3cccc4c(Nc5ccccc5Cl)c([N+](=O)[O-])cc(c34)C2=O)cc1. The predicted molar refractivity (Wildman–Crippen MR) is 137 cm³/mol. The summed E-state index contributed by atoms with van der Waals surface area (Å²) in [5, 5.41) is 16.2. The van der Waals surface area contributed by atoms with E-state index < -0.39 is 16.7 Å². The first-order chi connectivity index (χ1) is 16.8. The van der Waals surface area contributed by atoms with Gasteiger partial charge in [-0.25, -0.2) is 4.90 Å². The first-order valence-corrected chi connectivity index (χ1v) is 11.1. The molecule has 0 saturated heterocycles. The first kappa shape index (κ1) is 22.4. The smallest absolute Gasteiger partial charge is 0.294 e. The highest BCUT2D eigenvalue weighted by atomic mass is 35.5. The van der Waals surface area contributed by atoms with E-state index in [1.807, 2.05) is 19.0 Å². The van der Waals surface area contributed by atoms with Gasteiger partial charge in [-0.3, -0.25) is 19.7 Å². The van der Waals surface area contributed by atoms with Gasteiger partial charge >= 0.3 is 0 Å². The molecule has 0 atom stereocenters. The van der Waals surface area contributed by atoms with Crippen LogP contribution in [0.4, 0.5) is 28.4 Å². The molecular formula is C26H19ClN4O4. The zero-order valence-corrected chi connectivity index (χ0v) is 19.5. The van der Waals surface area contributed by atoms with E-state index in [0.717, 1.165) is 10.6 Å². The van der Waals surface area contributed by atoms with Crippen molar-refractivity contribution in [3.05, 3.63) is 99.1 Å². The summed E-state index contributed by atoms with van der Waals surface area (Å²) in [6.07, 6.45) is 0. The van der Waals surface area contributed by atoms with Gasteiger partial charge in [0.25, 0.3) is 17.5 Å². The Bertz CT molecular complexity index is 1530. The summed E-state index contributed by atoms with van der Waals surface area (Å²) in [7, 11) is 3.77. The number of nitrogens with zero attached hydrogens (tertiary/aromatic N) is 3. The Kier molecular flexibility index (Phi) is 5.37. The van der Waals surface area contributed by atoms with Crippen LogP contribution in [-0.4, -0.2) is 30.8 Å². The Hall–Kier alpha value is -4.43. The average molecular weight is 487 g/mol. The number of nitro benzene ring substituents is 1. The third kappa shape index (κ3) is 3.64. The van der Waals surface area contributed by atoms with Crippen molar-refractivity contribution in [2.45, 2.75) is 0 Å². The van der Waals surface area contributed by atoms with Crippen LogP contribution in [0.1, 0.15) is 20.7 Å².